The summed E-state index contributed by atoms with van der Waals surface area (Å²) in [5.41, 5.74) is 0. The van der Waals surface area contributed by atoms with E-state index in [1.54, 1.807) is 13.8 Å². The molecule has 2 N–H and O–H groups in total. The van der Waals surface area contributed by atoms with Gasteiger partial charge in [0.1, 0.15) is 12.2 Å². The smallest absolute Gasteiger partial charge is 0.333 e. The van der Waals surface area contributed by atoms with Gasteiger partial charge in [0.25, 0.3) is 0 Å². The van der Waals surface area contributed by atoms with Crippen molar-refractivity contribution in [3.63, 3.8) is 0 Å². The molecule has 0 aromatic carbocycles. The van der Waals surface area contributed by atoms with Crippen LogP contribution in [0.4, 0.5) is 0 Å². The molecule has 1 aliphatic rings. The first-order valence-corrected chi connectivity index (χ1v) is 6.67. The molecule has 17 heavy (non-hydrogen) atoms. The molecule has 0 saturated carbocycles. The van der Waals surface area contributed by atoms with Crippen LogP contribution in [-0.4, -0.2) is 46.2 Å². The van der Waals surface area contributed by atoms with Gasteiger partial charge in [0, 0.05) is 7.11 Å². The number of rotatable bonds is 5. The average molecular weight is 269 g/mol. The van der Waals surface area contributed by atoms with Gasteiger partial charge in [0.2, 0.25) is 0 Å². The molecule has 0 radical (unpaired) electrons. The maximum atomic E-state index is 10.7. The van der Waals surface area contributed by atoms with Crippen LogP contribution in [0.5, 0.6) is 0 Å². The fourth-order valence-electron chi connectivity index (χ4n) is 1.80. The van der Waals surface area contributed by atoms with E-state index in [0.717, 1.165) is 0 Å². The highest BCUT2D eigenvalue weighted by Crippen LogP contribution is 2.30. The van der Waals surface area contributed by atoms with Gasteiger partial charge >= 0.3 is 10.3 Å². The molecule has 102 valence electrons. The van der Waals surface area contributed by atoms with Crippen LogP contribution in [0.25, 0.3) is 0 Å². The maximum absolute atomic E-state index is 10.7. The quantitative estimate of drug-likeness (QED) is 0.740. The zero-order valence-electron chi connectivity index (χ0n) is 10.4. The van der Waals surface area contributed by atoms with Gasteiger partial charge in [-0.1, -0.05) is 0 Å². The monoisotopic (exact) mass is 269 g/mol. The first kappa shape index (κ1) is 14.8. The minimum Gasteiger partial charge on any atom is -0.376 e. The van der Waals surface area contributed by atoms with Gasteiger partial charge in [0.05, 0.1) is 12.7 Å². The Bertz CT molecular complexity index is 354. The van der Waals surface area contributed by atoms with Crippen LogP contribution in [0, 0.1) is 0 Å². The summed E-state index contributed by atoms with van der Waals surface area (Å²) in [5, 5.41) is 4.75. The van der Waals surface area contributed by atoms with Crippen LogP contribution in [0.15, 0.2) is 0 Å². The minimum absolute atomic E-state index is 0.205. The van der Waals surface area contributed by atoms with E-state index < -0.39 is 28.3 Å². The summed E-state index contributed by atoms with van der Waals surface area (Å²) < 4.78 is 42.2. The Kier molecular flexibility index (Phi) is 4.50. The lowest BCUT2D eigenvalue weighted by molar-refractivity contribution is -0.158. The van der Waals surface area contributed by atoms with Gasteiger partial charge < -0.3 is 14.2 Å². The third-order valence-corrected chi connectivity index (χ3v) is 2.88. The highest BCUT2D eigenvalue weighted by molar-refractivity contribution is 7.84. The van der Waals surface area contributed by atoms with Crippen LogP contribution in [0.2, 0.25) is 0 Å². The molecule has 0 aromatic heterocycles. The number of ether oxygens (including phenoxy) is 3. The largest absolute Gasteiger partial charge is 0.376 e. The van der Waals surface area contributed by atoms with E-state index in [4.69, 9.17) is 19.3 Å². The SMILES string of the molecule is CO[C@H](COS(N)(=O)=O)C1OC(C)(C)OC1C. The Balaban J connectivity index is 2.62. The lowest BCUT2D eigenvalue weighted by Gasteiger charge is -2.23. The Morgan fingerprint density at radius 2 is 2.00 bits per heavy atom. The summed E-state index contributed by atoms with van der Waals surface area (Å²) in [6.45, 7) is 5.17. The standard InChI is InChI=1S/C9H19NO6S/c1-6-8(16-9(2,3)15-6)7(13-4)5-14-17(10,11)12/h6-8H,5H2,1-4H3,(H2,10,11,12)/t6?,7-,8?/m1/s1. The second-order valence-electron chi connectivity index (χ2n) is 4.36. The molecule has 8 heteroatoms. The molecule has 1 aliphatic heterocycles. The number of nitrogens with two attached hydrogens (primary N) is 1. The number of hydrogen-bond acceptors (Lipinski definition) is 6. The number of hydrogen-bond donors (Lipinski definition) is 1. The molecule has 0 bridgehead atoms. The molecule has 1 fully saturated rings. The normalized spacial score (nSPS) is 30.4. The summed E-state index contributed by atoms with van der Waals surface area (Å²) in [7, 11) is -2.54. The average Bonchev–Trinajstić information content (AvgIpc) is 2.39. The fourth-order valence-corrected chi connectivity index (χ4v) is 2.13. The van der Waals surface area contributed by atoms with Gasteiger partial charge in [-0.3, -0.25) is 4.18 Å². The van der Waals surface area contributed by atoms with E-state index >= 15 is 0 Å². The van der Waals surface area contributed by atoms with Crippen molar-refractivity contribution >= 4 is 10.3 Å². The predicted octanol–water partition coefficient (Wildman–Crippen LogP) is -0.238. The molecule has 1 saturated heterocycles. The Morgan fingerprint density at radius 3 is 2.35 bits per heavy atom. The lowest BCUT2D eigenvalue weighted by Crippen LogP contribution is -2.40. The van der Waals surface area contributed by atoms with Crippen molar-refractivity contribution in [2.24, 2.45) is 5.14 Å². The molecule has 0 amide bonds. The van der Waals surface area contributed by atoms with Crippen molar-refractivity contribution in [1.29, 1.82) is 0 Å². The van der Waals surface area contributed by atoms with E-state index in [9.17, 15) is 8.42 Å². The maximum Gasteiger partial charge on any atom is 0.333 e. The third-order valence-electron chi connectivity index (χ3n) is 2.42. The zero-order valence-corrected chi connectivity index (χ0v) is 11.2. The molecule has 0 aromatic rings. The summed E-state index contributed by atoms with van der Waals surface area (Å²) in [4.78, 5) is 0. The Labute approximate surface area is 101 Å². The van der Waals surface area contributed by atoms with Crippen LogP contribution >= 0.6 is 0 Å². The summed E-state index contributed by atoms with van der Waals surface area (Å²) in [5.74, 6) is -0.720. The second-order valence-corrected chi connectivity index (χ2v) is 5.58. The molecule has 1 rings (SSSR count). The van der Waals surface area contributed by atoms with Crippen LogP contribution in [0.3, 0.4) is 0 Å². The lowest BCUT2D eigenvalue weighted by atomic mass is 10.1. The van der Waals surface area contributed by atoms with Gasteiger partial charge in [-0.2, -0.15) is 8.42 Å². The van der Waals surface area contributed by atoms with E-state index in [2.05, 4.69) is 4.18 Å². The van der Waals surface area contributed by atoms with Crippen LogP contribution < -0.4 is 5.14 Å². The third kappa shape index (κ3) is 4.49. The highest BCUT2D eigenvalue weighted by atomic mass is 32.2. The summed E-state index contributed by atoms with van der Waals surface area (Å²) in [6, 6.07) is 0. The summed E-state index contributed by atoms with van der Waals surface area (Å²) in [6.07, 6.45) is -1.19. The van der Waals surface area contributed by atoms with Crippen molar-refractivity contribution in [1.82, 2.24) is 0 Å². The van der Waals surface area contributed by atoms with Crippen molar-refractivity contribution in [2.75, 3.05) is 13.7 Å². The second kappa shape index (κ2) is 5.17. The van der Waals surface area contributed by atoms with Gasteiger partial charge in [0.15, 0.2) is 5.79 Å². The van der Waals surface area contributed by atoms with Crippen molar-refractivity contribution < 1.29 is 26.8 Å². The molecular formula is C9H19NO6S. The Morgan fingerprint density at radius 1 is 1.41 bits per heavy atom. The molecule has 0 aliphatic carbocycles. The van der Waals surface area contributed by atoms with E-state index in [0.29, 0.717) is 0 Å². The minimum atomic E-state index is -3.98. The molecule has 3 atom stereocenters. The molecule has 7 nitrogen and oxygen atoms in total. The molecule has 0 spiro atoms. The molecular weight excluding hydrogens is 250 g/mol. The molecule has 2 unspecified atom stereocenters. The van der Waals surface area contributed by atoms with Gasteiger partial charge in [-0.15, -0.1) is 0 Å². The van der Waals surface area contributed by atoms with Gasteiger partial charge in [-0.25, -0.2) is 5.14 Å². The fraction of sp³-hybridized carbons (Fsp3) is 1.00. The van der Waals surface area contributed by atoms with E-state index in [-0.39, 0.29) is 12.7 Å². The topological polar surface area (TPSA) is 97.1 Å². The van der Waals surface area contributed by atoms with Crippen molar-refractivity contribution in [3.05, 3.63) is 0 Å². The zero-order chi connectivity index (χ0) is 13.3. The van der Waals surface area contributed by atoms with Crippen molar-refractivity contribution in [3.8, 4) is 0 Å². The Hall–Kier alpha value is -0.250. The first-order chi connectivity index (χ1) is 7.64. The highest BCUT2D eigenvalue weighted by Gasteiger charge is 2.43. The first-order valence-electron chi connectivity index (χ1n) is 5.20. The van der Waals surface area contributed by atoms with Gasteiger partial charge in [-0.05, 0) is 20.8 Å². The summed E-state index contributed by atoms with van der Waals surface area (Å²) >= 11 is 0. The van der Waals surface area contributed by atoms with E-state index in [1.165, 1.54) is 7.11 Å². The van der Waals surface area contributed by atoms with E-state index in [1.807, 2.05) is 6.92 Å². The van der Waals surface area contributed by atoms with Crippen LogP contribution in [-0.2, 0) is 28.7 Å². The predicted molar refractivity (Wildman–Crippen MR) is 59.4 cm³/mol. The number of methoxy groups -OCH3 is 1. The molecule has 1 heterocycles. The van der Waals surface area contributed by atoms with Crippen LogP contribution in [0.1, 0.15) is 20.8 Å². The van der Waals surface area contributed by atoms with Crippen molar-refractivity contribution in [2.45, 2.75) is 44.9 Å².